The molecule has 1 aromatic heterocycles. The van der Waals surface area contributed by atoms with E-state index in [2.05, 4.69) is 21.8 Å². The largest absolute Gasteiger partial charge is 0.367 e. The molecule has 6 nitrogen and oxygen atoms in total. The first kappa shape index (κ1) is 19.6. The number of nitrogens with zero attached hydrogens (tertiary/aromatic N) is 4. The van der Waals surface area contributed by atoms with E-state index in [4.69, 9.17) is 0 Å². The molecule has 8 heteroatoms. The standard InChI is InChI=1S/C21H23FN4O2S/c1-24-10-12-26(13-11-24)19-8-5-6-16-14-17(15-23-21(16)19)25(2)29(27,28)20-9-4-3-7-18(20)22/h3-9,14-15H,10-13H2,1-2H3/i22-1. The van der Waals surface area contributed by atoms with Gasteiger partial charge in [-0.15, -0.1) is 0 Å². The molecule has 1 aliphatic rings. The van der Waals surface area contributed by atoms with Crippen LogP contribution in [0.3, 0.4) is 0 Å². The monoisotopic (exact) mass is 413 g/mol. The zero-order chi connectivity index (χ0) is 20.6. The lowest BCUT2D eigenvalue weighted by atomic mass is 10.1. The Morgan fingerprint density at radius 1 is 1.03 bits per heavy atom. The van der Waals surface area contributed by atoms with E-state index >= 15 is 0 Å². The summed E-state index contributed by atoms with van der Waals surface area (Å²) >= 11 is 0. The van der Waals surface area contributed by atoms with E-state index in [1.807, 2.05) is 18.2 Å². The molecule has 2 aromatic carbocycles. The maximum absolute atomic E-state index is 14.1. The van der Waals surface area contributed by atoms with Crippen LogP contribution in [0.25, 0.3) is 10.9 Å². The summed E-state index contributed by atoms with van der Waals surface area (Å²) in [6, 6.07) is 13.1. The summed E-state index contributed by atoms with van der Waals surface area (Å²) in [6.45, 7) is 3.80. The molecule has 3 aromatic rings. The van der Waals surface area contributed by atoms with Crippen molar-refractivity contribution in [1.29, 1.82) is 0 Å². The number of pyridine rings is 1. The molecule has 0 aliphatic carbocycles. The molecule has 0 saturated carbocycles. The summed E-state index contributed by atoms with van der Waals surface area (Å²) in [6.07, 6.45) is 1.53. The van der Waals surface area contributed by atoms with Crippen molar-refractivity contribution in [2.75, 3.05) is 49.5 Å². The first-order valence-electron chi connectivity index (χ1n) is 9.43. The van der Waals surface area contributed by atoms with Gasteiger partial charge in [-0.25, -0.2) is 12.8 Å². The van der Waals surface area contributed by atoms with E-state index in [1.54, 1.807) is 6.07 Å². The number of likely N-dealkylation sites (N-methyl/N-ethyl adjacent to an activating group) is 1. The molecular formula is C21H23FN4O2S. The third kappa shape index (κ3) is 3.65. The molecule has 0 unspecified atom stereocenters. The Bertz CT molecular complexity index is 1140. The van der Waals surface area contributed by atoms with E-state index in [-0.39, 0.29) is 4.90 Å². The summed E-state index contributed by atoms with van der Waals surface area (Å²) in [5, 5.41) is 0.842. The number of aromatic nitrogens is 1. The number of hydrogen-bond acceptors (Lipinski definition) is 5. The van der Waals surface area contributed by atoms with Crippen LogP contribution in [0.5, 0.6) is 0 Å². The Labute approximate surface area is 170 Å². The lowest BCUT2D eigenvalue weighted by molar-refractivity contribution is 0.313. The van der Waals surface area contributed by atoms with E-state index in [9.17, 15) is 12.8 Å². The van der Waals surface area contributed by atoms with Gasteiger partial charge in [0.05, 0.1) is 23.1 Å². The van der Waals surface area contributed by atoms with Crippen LogP contribution >= 0.6 is 0 Å². The molecule has 152 valence electrons. The van der Waals surface area contributed by atoms with Crippen molar-refractivity contribution in [3.05, 3.63) is 60.5 Å². The third-order valence-corrected chi connectivity index (χ3v) is 7.18. The topological polar surface area (TPSA) is 56.8 Å². The van der Waals surface area contributed by atoms with Gasteiger partial charge in [0.2, 0.25) is 0 Å². The SMILES string of the molecule is CN1CCN(c2cccc3cc(N(C)S(=O)(=O)c4ccccc4[18F])cnc23)CC1. The quantitative estimate of drug-likeness (QED) is 0.658. The number of halogens is 1. The van der Waals surface area contributed by atoms with Crippen molar-refractivity contribution in [2.24, 2.45) is 0 Å². The van der Waals surface area contributed by atoms with Crippen LogP contribution in [-0.2, 0) is 10.0 Å². The van der Waals surface area contributed by atoms with Crippen LogP contribution in [0.1, 0.15) is 0 Å². The molecule has 29 heavy (non-hydrogen) atoms. The minimum atomic E-state index is -4.03. The molecule has 2 heterocycles. The Morgan fingerprint density at radius 3 is 2.48 bits per heavy atom. The smallest absolute Gasteiger partial charge is 0.267 e. The lowest BCUT2D eigenvalue weighted by Crippen LogP contribution is -2.44. The third-order valence-electron chi connectivity index (χ3n) is 5.36. The van der Waals surface area contributed by atoms with Gasteiger partial charge in [0.1, 0.15) is 10.7 Å². The Balaban J connectivity index is 1.70. The second-order valence-electron chi connectivity index (χ2n) is 7.24. The molecule has 0 radical (unpaired) electrons. The Hall–Kier alpha value is -2.71. The van der Waals surface area contributed by atoms with E-state index in [1.165, 1.54) is 31.4 Å². The van der Waals surface area contributed by atoms with Gasteiger partial charge in [0.15, 0.2) is 0 Å². The highest BCUT2D eigenvalue weighted by Crippen LogP contribution is 2.30. The van der Waals surface area contributed by atoms with Gasteiger partial charge < -0.3 is 9.80 Å². The molecule has 1 saturated heterocycles. The summed E-state index contributed by atoms with van der Waals surface area (Å²) in [7, 11) is -0.506. The number of sulfonamides is 1. The maximum atomic E-state index is 14.1. The highest BCUT2D eigenvalue weighted by atomic mass is 32.2. The molecule has 0 amide bonds. The van der Waals surface area contributed by atoms with Crippen molar-refractivity contribution in [3.8, 4) is 0 Å². The molecular weight excluding hydrogens is 390 g/mol. The van der Waals surface area contributed by atoms with Crippen LogP contribution in [0.2, 0.25) is 0 Å². The van der Waals surface area contributed by atoms with Gasteiger partial charge in [-0.05, 0) is 31.3 Å². The summed E-state index contributed by atoms with van der Waals surface area (Å²) < 4.78 is 40.9. The molecule has 0 N–H and O–H groups in total. The van der Waals surface area contributed by atoms with E-state index in [0.29, 0.717) is 5.69 Å². The molecule has 1 aliphatic heterocycles. The van der Waals surface area contributed by atoms with Crippen LogP contribution < -0.4 is 9.21 Å². The molecule has 4 rings (SSSR count). The van der Waals surface area contributed by atoms with Crippen molar-refractivity contribution in [3.63, 3.8) is 0 Å². The summed E-state index contributed by atoms with van der Waals surface area (Å²) in [5.41, 5.74) is 2.26. The average Bonchev–Trinajstić information content (AvgIpc) is 2.73. The number of fused-ring (bicyclic) bond motifs is 1. The number of para-hydroxylation sites is 1. The summed E-state index contributed by atoms with van der Waals surface area (Å²) in [5.74, 6) is -0.773. The molecule has 0 atom stereocenters. The second-order valence-corrected chi connectivity index (χ2v) is 9.17. The average molecular weight is 414 g/mol. The fraction of sp³-hybridized carbons (Fsp3) is 0.286. The highest BCUT2D eigenvalue weighted by Gasteiger charge is 2.25. The first-order valence-corrected chi connectivity index (χ1v) is 10.9. The lowest BCUT2D eigenvalue weighted by Gasteiger charge is -2.34. The fourth-order valence-electron chi connectivity index (χ4n) is 3.55. The number of hydrogen-bond donors (Lipinski definition) is 0. The molecule has 0 bridgehead atoms. The predicted octanol–water partition coefficient (Wildman–Crippen LogP) is 2.95. The predicted molar refractivity (Wildman–Crippen MR) is 113 cm³/mol. The van der Waals surface area contributed by atoms with Crippen molar-refractivity contribution in [1.82, 2.24) is 9.88 Å². The molecule has 1 fully saturated rings. The van der Waals surface area contributed by atoms with Gasteiger partial charge in [-0.2, -0.15) is 0 Å². The summed E-state index contributed by atoms with van der Waals surface area (Å²) in [4.78, 5) is 8.81. The van der Waals surface area contributed by atoms with Gasteiger partial charge in [0, 0.05) is 38.6 Å². The molecule has 0 spiro atoms. The zero-order valence-electron chi connectivity index (χ0n) is 16.4. The van der Waals surface area contributed by atoms with Crippen molar-refractivity contribution >= 4 is 32.3 Å². The van der Waals surface area contributed by atoms with Crippen LogP contribution in [-0.4, -0.2) is 58.6 Å². The maximum Gasteiger partial charge on any atom is 0.267 e. The fourth-order valence-corrected chi connectivity index (χ4v) is 4.79. The second kappa shape index (κ2) is 7.61. The minimum Gasteiger partial charge on any atom is -0.367 e. The number of benzene rings is 2. The van der Waals surface area contributed by atoms with E-state index < -0.39 is 15.8 Å². The van der Waals surface area contributed by atoms with Crippen LogP contribution in [0.4, 0.5) is 15.8 Å². The van der Waals surface area contributed by atoms with Crippen molar-refractivity contribution < 1.29 is 12.8 Å². The number of anilines is 2. The van der Waals surface area contributed by atoms with Gasteiger partial charge in [0.25, 0.3) is 10.0 Å². The minimum absolute atomic E-state index is 0.353. The zero-order valence-corrected chi connectivity index (χ0v) is 17.2. The number of rotatable bonds is 4. The number of piperazine rings is 1. The highest BCUT2D eigenvalue weighted by molar-refractivity contribution is 7.92. The Kier molecular flexibility index (Phi) is 5.14. The van der Waals surface area contributed by atoms with Crippen molar-refractivity contribution in [2.45, 2.75) is 4.90 Å². The Morgan fingerprint density at radius 2 is 1.76 bits per heavy atom. The first-order chi connectivity index (χ1) is 13.9. The van der Waals surface area contributed by atoms with Crippen LogP contribution in [0, 0.1) is 5.82 Å². The van der Waals surface area contributed by atoms with E-state index in [0.717, 1.165) is 53.1 Å². The normalized spacial score (nSPS) is 15.6. The van der Waals surface area contributed by atoms with Crippen LogP contribution in [0.15, 0.2) is 59.6 Å². The van der Waals surface area contributed by atoms with Gasteiger partial charge >= 0.3 is 0 Å². The van der Waals surface area contributed by atoms with Gasteiger partial charge in [-0.1, -0.05) is 24.3 Å². The van der Waals surface area contributed by atoms with Gasteiger partial charge in [-0.3, -0.25) is 9.29 Å².